The van der Waals surface area contributed by atoms with Crippen LogP contribution in [0.3, 0.4) is 0 Å². The van der Waals surface area contributed by atoms with Gasteiger partial charge in [-0.15, -0.1) is 0 Å². The van der Waals surface area contributed by atoms with E-state index in [1.54, 1.807) is 17.2 Å². The Hall–Kier alpha value is -3.10. The summed E-state index contributed by atoms with van der Waals surface area (Å²) in [6, 6.07) is 3.04. The quantitative estimate of drug-likeness (QED) is 0.642. The predicted octanol–water partition coefficient (Wildman–Crippen LogP) is 1.10. The Morgan fingerprint density at radius 1 is 1.45 bits per heavy atom. The van der Waals surface area contributed by atoms with Crippen molar-refractivity contribution in [3.63, 3.8) is 0 Å². The summed E-state index contributed by atoms with van der Waals surface area (Å²) in [5, 5.41) is 23.4. The molecular formula is C13H13N5O4. The van der Waals surface area contributed by atoms with E-state index < -0.39 is 10.9 Å². The molecule has 114 valence electrons. The number of nitrogens with zero attached hydrogens (tertiary/aromatic N) is 4. The number of imidazole rings is 1. The number of carbonyl (C=O) groups is 1. The fourth-order valence-corrected chi connectivity index (χ4v) is 2.50. The summed E-state index contributed by atoms with van der Waals surface area (Å²) in [6.45, 7) is 0.887. The molecule has 1 aliphatic rings. The highest BCUT2D eigenvalue weighted by Gasteiger charge is 2.25. The van der Waals surface area contributed by atoms with Crippen molar-refractivity contribution in [2.45, 2.75) is 0 Å². The minimum absolute atomic E-state index is 0.0681. The fraction of sp³-hybridized carbons (Fsp3) is 0.231. The van der Waals surface area contributed by atoms with Gasteiger partial charge in [0.15, 0.2) is 0 Å². The third-order valence-electron chi connectivity index (χ3n) is 3.44. The molecule has 9 nitrogen and oxygen atoms in total. The lowest BCUT2D eigenvalue weighted by Crippen LogP contribution is -2.37. The van der Waals surface area contributed by atoms with E-state index in [0.29, 0.717) is 30.2 Å². The molecule has 0 atom stereocenters. The maximum Gasteiger partial charge on any atom is 0.323 e. The Kier molecular flexibility index (Phi) is 3.37. The summed E-state index contributed by atoms with van der Waals surface area (Å²) >= 11 is 0. The zero-order valence-corrected chi connectivity index (χ0v) is 11.5. The van der Waals surface area contributed by atoms with Gasteiger partial charge in [-0.3, -0.25) is 14.9 Å². The first-order valence-electron chi connectivity index (χ1n) is 6.57. The molecule has 0 radical (unpaired) electrons. The lowest BCUT2D eigenvalue weighted by molar-refractivity contribution is -0.384. The minimum atomic E-state index is -0.949. The van der Waals surface area contributed by atoms with Gasteiger partial charge < -0.3 is 19.9 Å². The van der Waals surface area contributed by atoms with Crippen LogP contribution in [0, 0.1) is 10.1 Å². The van der Waals surface area contributed by atoms with E-state index in [9.17, 15) is 14.9 Å². The van der Waals surface area contributed by atoms with Gasteiger partial charge in [0, 0.05) is 31.5 Å². The van der Waals surface area contributed by atoms with Crippen LogP contribution < -0.4 is 10.2 Å². The smallest absolute Gasteiger partial charge is 0.323 e. The normalized spacial score (nSPS) is 13.4. The number of hydrogen-bond donors (Lipinski definition) is 2. The van der Waals surface area contributed by atoms with Crippen molar-refractivity contribution in [1.29, 1.82) is 0 Å². The molecule has 0 saturated carbocycles. The summed E-state index contributed by atoms with van der Waals surface area (Å²) in [5.41, 5.74) is 1.47. The van der Waals surface area contributed by atoms with E-state index >= 15 is 0 Å². The number of nitro benzene ring substituents is 1. The molecule has 1 aliphatic heterocycles. The van der Waals surface area contributed by atoms with Crippen LogP contribution in [0.5, 0.6) is 0 Å². The van der Waals surface area contributed by atoms with Crippen molar-refractivity contribution in [2.24, 2.45) is 0 Å². The third-order valence-corrected chi connectivity index (χ3v) is 3.44. The zero-order chi connectivity index (χ0) is 15.7. The number of nitrogens with one attached hydrogen (secondary N) is 1. The van der Waals surface area contributed by atoms with Crippen LogP contribution in [0.15, 0.2) is 30.9 Å². The van der Waals surface area contributed by atoms with E-state index in [1.807, 2.05) is 0 Å². The maximum absolute atomic E-state index is 11.3. The molecular weight excluding hydrogens is 290 g/mol. The summed E-state index contributed by atoms with van der Waals surface area (Å²) in [5.74, 6) is -0.949. The van der Waals surface area contributed by atoms with Crippen molar-refractivity contribution >= 4 is 23.0 Å². The highest BCUT2D eigenvalue weighted by molar-refractivity contribution is 5.83. The number of carboxylic acid groups (broad SMARTS) is 1. The Morgan fingerprint density at radius 3 is 2.91 bits per heavy atom. The van der Waals surface area contributed by atoms with Crippen LogP contribution in [0.2, 0.25) is 0 Å². The average molecular weight is 303 g/mol. The van der Waals surface area contributed by atoms with Crippen LogP contribution in [0.4, 0.5) is 17.1 Å². The minimum Gasteiger partial charge on any atom is -0.480 e. The first-order valence-corrected chi connectivity index (χ1v) is 6.57. The molecule has 0 saturated heterocycles. The number of anilines is 2. The van der Waals surface area contributed by atoms with Gasteiger partial charge in [0.25, 0.3) is 5.69 Å². The summed E-state index contributed by atoms with van der Waals surface area (Å²) in [4.78, 5) is 27.4. The first-order chi connectivity index (χ1) is 10.6. The van der Waals surface area contributed by atoms with Crippen molar-refractivity contribution in [2.75, 3.05) is 29.9 Å². The highest BCUT2D eigenvalue weighted by atomic mass is 16.6. The van der Waals surface area contributed by atoms with Crippen molar-refractivity contribution in [1.82, 2.24) is 9.55 Å². The van der Waals surface area contributed by atoms with Gasteiger partial charge in [-0.25, -0.2) is 4.98 Å². The van der Waals surface area contributed by atoms with Crippen LogP contribution in [-0.2, 0) is 4.79 Å². The number of carboxylic acids is 1. The lowest BCUT2D eigenvalue weighted by atomic mass is 10.1. The van der Waals surface area contributed by atoms with Gasteiger partial charge in [0.05, 0.1) is 22.6 Å². The Morgan fingerprint density at radius 2 is 2.27 bits per heavy atom. The Bertz CT molecular complexity index is 728. The van der Waals surface area contributed by atoms with E-state index in [1.165, 1.54) is 23.2 Å². The molecule has 2 aromatic rings. The number of nitro groups is 1. The van der Waals surface area contributed by atoms with Crippen LogP contribution >= 0.6 is 0 Å². The Balaban J connectivity index is 2.14. The van der Waals surface area contributed by atoms with Gasteiger partial charge in [0.2, 0.25) is 0 Å². The highest BCUT2D eigenvalue weighted by Crippen LogP contribution is 2.37. The third kappa shape index (κ3) is 2.43. The van der Waals surface area contributed by atoms with E-state index in [2.05, 4.69) is 10.3 Å². The monoisotopic (exact) mass is 303 g/mol. The molecule has 2 heterocycles. The first kappa shape index (κ1) is 13.9. The second-order valence-corrected chi connectivity index (χ2v) is 4.83. The van der Waals surface area contributed by atoms with Gasteiger partial charge in [-0.2, -0.15) is 0 Å². The van der Waals surface area contributed by atoms with Crippen LogP contribution in [0.1, 0.15) is 0 Å². The molecule has 0 aliphatic carbocycles. The van der Waals surface area contributed by atoms with E-state index in [0.717, 1.165) is 0 Å². The van der Waals surface area contributed by atoms with Gasteiger partial charge >= 0.3 is 5.97 Å². The van der Waals surface area contributed by atoms with Crippen molar-refractivity contribution in [3.05, 3.63) is 41.0 Å². The molecule has 0 bridgehead atoms. The molecule has 0 spiro atoms. The van der Waals surface area contributed by atoms with Crippen molar-refractivity contribution in [3.8, 4) is 5.69 Å². The maximum atomic E-state index is 11.3. The molecule has 2 N–H and O–H groups in total. The number of aromatic nitrogens is 2. The van der Waals surface area contributed by atoms with Gasteiger partial charge in [-0.1, -0.05) is 0 Å². The SMILES string of the molecule is O=C(O)CN1CCNc2cc([N+](=O)[O-])c(-n3ccnc3)cc21. The van der Waals surface area contributed by atoms with E-state index in [-0.39, 0.29) is 12.2 Å². The molecule has 3 rings (SSSR count). The second-order valence-electron chi connectivity index (χ2n) is 4.83. The molecule has 0 amide bonds. The topological polar surface area (TPSA) is 114 Å². The average Bonchev–Trinajstić information content (AvgIpc) is 2.99. The molecule has 1 aromatic heterocycles. The largest absolute Gasteiger partial charge is 0.480 e. The van der Waals surface area contributed by atoms with Crippen molar-refractivity contribution < 1.29 is 14.8 Å². The standard InChI is InChI=1S/C13H13N5O4/c19-13(20)7-16-4-2-15-9-5-12(18(21)22)11(6-10(9)16)17-3-1-14-8-17/h1,3,5-6,8,15H,2,4,7H2,(H,19,20). The molecule has 22 heavy (non-hydrogen) atoms. The zero-order valence-electron chi connectivity index (χ0n) is 11.5. The molecule has 0 fully saturated rings. The van der Waals surface area contributed by atoms with Crippen LogP contribution in [-0.4, -0.2) is 45.2 Å². The number of hydrogen-bond acceptors (Lipinski definition) is 6. The summed E-state index contributed by atoms with van der Waals surface area (Å²) < 4.78 is 1.53. The van der Waals surface area contributed by atoms with Gasteiger partial charge in [-0.05, 0) is 6.07 Å². The fourth-order valence-electron chi connectivity index (χ4n) is 2.50. The molecule has 1 aromatic carbocycles. The summed E-state index contributed by atoms with van der Waals surface area (Å²) in [7, 11) is 0. The number of benzene rings is 1. The Labute approximate surface area is 124 Å². The van der Waals surface area contributed by atoms with Gasteiger partial charge in [0.1, 0.15) is 12.2 Å². The summed E-state index contributed by atoms with van der Waals surface area (Å²) in [6.07, 6.45) is 4.59. The van der Waals surface area contributed by atoms with E-state index in [4.69, 9.17) is 5.11 Å². The lowest BCUT2D eigenvalue weighted by Gasteiger charge is -2.31. The second kappa shape index (κ2) is 5.35. The molecule has 0 unspecified atom stereocenters. The predicted molar refractivity (Wildman–Crippen MR) is 78.6 cm³/mol. The number of aliphatic carboxylic acids is 1. The number of rotatable bonds is 4. The molecule has 9 heteroatoms. The number of fused-ring (bicyclic) bond motifs is 1. The van der Waals surface area contributed by atoms with Crippen LogP contribution in [0.25, 0.3) is 5.69 Å².